The molecule has 2 aromatic rings. The van der Waals surface area contributed by atoms with Gasteiger partial charge in [0.25, 0.3) is 11.8 Å². The van der Waals surface area contributed by atoms with Crippen molar-refractivity contribution in [3.63, 3.8) is 0 Å². The van der Waals surface area contributed by atoms with Crippen molar-refractivity contribution < 1.29 is 19.1 Å². The molecule has 0 unspecified atom stereocenters. The zero-order valence-electron chi connectivity index (χ0n) is 17.9. The van der Waals surface area contributed by atoms with Gasteiger partial charge in [0.2, 0.25) is 0 Å². The van der Waals surface area contributed by atoms with E-state index < -0.39 is 17.8 Å². The molecule has 32 heavy (non-hydrogen) atoms. The quantitative estimate of drug-likeness (QED) is 0.332. The van der Waals surface area contributed by atoms with Crippen molar-refractivity contribution in [1.29, 1.82) is 0 Å². The number of allylic oxidation sites excluding steroid dienone is 1. The average molecular weight is 495 g/mol. The number of aryl methyl sites for hydroxylation is 2. The molecule has 1 aliphatic rings. The third-order valence-electron chi connectivity index (χ3n) is 4.73. The third-order valence-corrected chi connectivity index (χ3v) is 5.32. The van der Waals surface area contributed by atoms with Crippen molar-refractivity contribution in [2.24, 2.45) is 0 Å². The predicted molar refractivity (Wildman–Crippen MR) is 129 cm³/mol. The minimum Gasteiger partial charge on any atom is -0.488 e. The van der Waals surface area contributed by atoms with Crippen LogP contribution in [-0.4, -0.2) is 24.5 Å². The Balaban J connectivity index is 2.05. The molecule has 0 aliphatic carbocycles. The summed E-state index contributed by atoms with van der Waals surface area (Å²) in [5.41, 5.74) is 3.50. The van der Waals surface area contributed by atoms with E-state index in [0.717, 1.165) is 21.6 Å². The topological polar surface area (TPSA) is 75.7 Å². The number of benzene rings is 2. The Hall–Kier alpha value is -3.45. The van der Waals surface area contributed by atoms with Crippen LogP contribution >= 0.6 is 15.9 Å². The van der Waals surface area contributed by atoms with Crippen LogP contribution < -0.4 is 15.0 Å². The second-order valence-corrected chi connectivity index (χ2v) is 8.24. The van der Waals surface area contributed by atoms with E-state index in [1.165, 1.54) is 6.08 Å². The number of urea groups is 1. The number of hydrogen-bond donors (Lipinski definition) is 1. The minimum absolute atomic E-state index is 0.139. The first-order valence-corrected chi connectivity index (χ1v) is 10.7. The van der Waals surface area contributed by atoms with E-state index in [1.54, 1.807) is 30.4 Å². The van der Waals surface area contributed by atoms with Crippen LogP contribution in [-0.2, 0) is 16.0 Å². The summed E-state index contributed by atoms with van der Waals surface area (Å²) in [5.74, 6) is -0.787. The molecule has 0 saturated carbocycles. The Morgan fingerprint density at radius 1 is 1.03 bits per heavy atom. The fraction of sp³-hybridized carbons (Fsp3) is 0.160. The Bertz CT molecular complexity index is 1150. The number of halogens is 1. The van der Waals surface area contributed by atoms with E-state index in [2.05, 4.69) is 34.4 Å². The number of amides is 4. The zero-order valence-corrected chi connectivity index (χ0v) is 19.5. The summed E-state index contributed by atoms with van der Waals surface area (Å²) in [5, 5.41) is 2.26. The van der Waals surface area contributed by atoms with Gasteiger partial charge in [-0.2, -0.15) is 0 Å². The van der Waals surface area contributed by atoms with Gasteiger partial charge in [-0.05, 0) is 88.8 Å². The van der Waals surface area contributed by atoms with E-state index >= 15 is 0 Å². The number of nitrogens with zero attached hydrogens (tertiary/aromatic N) is 1. The van der Waals surface area contributed by atoms with Gasteiger partial charge in [0.1, 0.15) is 17.9 Å². The molecule has 0 radical (unpaired) electrons. The maximum absolute atomic E-state index is 13.2. The van der Waals surface area contributed by atoms with Gasteiger partial charge in [-0.15, -0.1) is 6.58 Å². The van der Waals surface area contributed by atoms with Crippen LogP contribution in [0.3, 0.4) is 0 Å². The lowest BCUT2D eigenvalue weighted by Crippen LogP contribution is -2.54. The summed E-state index contributed by atoms with van der Waals surface area (Å²) in [6, 6.07) is 8.17. The molecule has 6 nitrogen and oxygen atoms in total. The van der Waals surface area contributed by atoms with Crippen molar-refractivity contribution in [3.05, 3.63) is 87.9 Å². The second-order valence-electron chi connectivity index (χ2n) is 7.39. The highest BCUT2D eigenvalue weighted by molar-refractivity contribution is 9.10. The molecule has 1 N–H and O–H groups in total. The first-order chi connectivity index (χ1) is 15.2. The van der Waals surface area contributed by atoms with E-state index in [-0.39, 0.29) is 5.57 Å². The number of ether oxygens (including phenoxy) is 1. The minimum atomic E-state index is -0.774. The molecule has 1 heterocycles. The van der Waals surface area contributed by atoms with Gasteiger partial charge >= 0.3 is 6.03 Å². The van der Waals surface area contributed by atoms with Crippen molar-refractivity contribution in [2.75, 3.05) is 11.5 Å². The standard InChI is InChI=1S/C25H23BrN2O4/c1-5-7-18-12-17(14-21(26)22(18)32-8-6-2)13-20-23(29)27-25(31)28(24(20)30)19-10-15(3)9-16(4)11-19/h5-6,9-14H,1-2,7-8H2,3-4H3,(H,27,29,31)/b20-13+. The highest BCUT2D eigenvalue weighted by Crippen LogP contribution is 2.33. The third kappa shape index (κ3) is 4.89. The van der Waals surface area contributed by atoms with Crippen molar-refractivity contribution >= 4 is 45.5 Å². The molecule has 1 saturated heterocycles. The number of imide groups is 2. The number of carbonyl (C=O) groups excluding carboxylic acids is 3. The monoisotopic (exact) mass is 494 g/mol. The molecule has 4 amide bonds. The maximum Gasteiger partial charge on any atom is 0.335 e. The Kier molecular flexibility index (Phi) is 7.10. The van der Waals surface area contributed by atoms with Crippen LogP contribution in [0.15, 0.2) is 65.7 Å². The van der Waals surface area contributed by atoms with Crippen LogP contribution in [0.4, 0.5) is 10.5 Å². The van der Waals surface area contributed by atoms with E-state index in [4.69, 9.17) is 4.74 Å². The lowest BCUT2D eigenvalue weighted by atomic mass is 10.0. The highest BCUT2D eigenvalue weighted by atomic mass is 79.9. The van der Waals surface area contributed by atoms with Crippen molar-refractivity contribution in [3.8, 4) is 5.75 Å². The van der Waals surface area contributed by atoms with Gasteiger partial charge in [0, 0.05) is 0 Å². The highest BCUT2D eigenvalue weighted by Gasteiger charge is 2.37. The van der Waals surface area contributed by atoms with Gasteiger partial charge < -0.3 is 4.74 Å². The summed E-state index contributed by atoms with van der Waals surface area (Å²) in [6.07, 6.45) is 5.37. The molecule has 1 aliphatic heterocycles. The predicted octanol–water partition coefficient (Wildman–Crippen LogP) is 5.03. The number of anilines is 1. The van der Waals surface area contributed by atoms with Crippen LogP contribution in [0.1, 0.15) is 22.3 Å². The molecule has 7 heteroatoms. The molecule has 0 atom stereocenters. The summed E-state index contributed by atoms with van der Waals surface area (Å²) in [4.78, 5) is 39.2. The van der Waals surface area contributed by atoms with Gasteiger partial charge in [0.15, 0.2) is 0 Å². The van der Waals surface area contributed by atoms with E-state index in [1.807, 2.05) is 26.0 Å². The molecule has 164 valence electrons. The molecule has 3 rings (SSSR count). The lowest BCUT2D eigenvalue weighted by molar-refractivity contribution is -0.122. The average Bonchev–Trinajstić information content (AvgIpc) is 2.70. The number of rotatable bonds is 7. The molecular formula is C25H23BrN2O4. The fourth-order valence-corrected chi connectivity index (χ4v) is 4.14. The molecule has 0 bridgehead atoms. The van der Waals surface area contributed by atoms with Crippen LogP contribution in [0, 0.1) is 13.8 Å². The summed E-state index contributed by atoms with van der Waals surface area (Å²) in [6.45, 7) is 11.5. The van der Waals surface area contributed by atoms with E-state index in [0.29, 0.717) is 34.5 Å². The number of hydrogen-bond acceptors (Lipinski definition) is 4. The Morgan fingerprint density at radius 3 is 2.34 bits per heavy atom. The maximum atomic E-state index is 13.2. The SMILES string of the molecule is C=CCOc1c(Br)cc(/C=C2\C(=O)NC(=O)N(c3cc(C)cc(C)c3)C2=O)cc1CC=C. The lowest BCUT2D eigenvalue weighted by Gasteiger charge is -2.27. The van der Waals surface area contributed by atoms with Crippen molar-refractivity contribution in [2.45, 2.75) is 20.3 Å². The zero-order chi connectivity index (χ0) is 23.4. The number of carbonyl (C=O) groups is 3. The van der Waals surface area contributed by atoms with Crippen LogP contribution in [0.25, 0.3) is 6.08 Å². The normalized spacial score (nSPS) is 15.0. The summed E-state index contributed by atoms with van der Waals surface area (Å²) >= 11 is 3.49. The Morgan fingerprint density at radius 2 is 1.72 bits per heavy atom. The molecule has 2 aromatic carbocycles. The molecule has 0 aromatic heterocycles. The largest absolute Gasteiger partial charge is 0.488 e. The molecule has 0 spiro atoms. The smallest absolute Gasteiger partial charge is 0.335 e. The fourth-order valence-electron chi connectivity index (χ4n) is 3.51. The van der Waals surface area contributed by atoms with Gasteiger partial charge in [-0.1, -0.05) is 24.8 Å². The molecular weight excluding hydrogens is 472 g/mol. The number of barbiturate groups is 1. The van der Waals surface area contributed by atoms with Crippen LogP contribution in [0.5, 0.6) is 5.75 Å². The first-order valence-electron chi connectivity index (χ1n) is 9.92. The van der Waals surface area contributed by atoms with Gasteiger partial charge in [-0.25, -0.2) is 9.69 Å². The summed E-state index contributed by atoms with van der Waals surface area (Å²) < 4.78 is 6.40. The number of nitrogens with one attached hydrogen (secondary N) is 1. The van der Waals surface area contributed by atoms with Gasteiger partial charge in [-0.3, -0.25) is 14.9 Å². The second kappa shape index (κ2) is 9.78. The summed E-state index contributed by atoms with van der Waals surface area (Å²) in [7, 11) is 0. The van der Waals surface area contributed by atoms with Crippen molar-refractivity contribution in [1.82, 2.24) is 5.32 Å². The van der Waals surface area contributed by atoms with Gasteiger partial charge in [0.05, 0.1) is 10.2 Å². The molecule has 1 fully saturated rings. The van der Waals surface area contributed by atoms with E-state index in [9.17, 15) is 14.4 Å². The van der Waals surface area contributed by atoms with Crippen LogP contribution in [0.2, 0.25) is 0 Å². The Labute approximate surface area is 195 Å². The first kappa shape index (κ1) is 23.2.